The lowest BCUT2D eigenvalue weighted by Gasteiger charge is -2.29. The normalized spacial score (nSPS) is 12.6. The highest BCUT2D eigenvalue weighted by Gasteiger charge is 2.31. The molecule has 0 aliphatic rings. The molecule has 0 aromatic heterocycles. The van der Waals surface area contributed by atoms with Gasteiger partial charge < -0.3 is 0 Å². The average molecular weight is 324 g/mol. The van der Waals surface area contributed by atoms with E-state index in [1.165, 1.54) is 0 Å². The van der Waals surface area contributed by atoms with Crippen molar-refractivity contribution in [2.24, 2.45) is 0 Å². The van der Waals surface area contributed by atoms with Crippen LogP contribution in [-0.4, -0.2) is 31.5 Å². The lowest BCUT2D eigenvalue weighted by Crippen LogP contribution is -2.52. The van der Waals surface area contributed by atoms with Gasteiger partial charge >= 0.3 is 0 Å². The molecule has 3 nitrogen and oxygen atoms in total. The maximum absolute atomic E-state index is 12.1. The van der Waals surface area contributed by atoms with E-state index in [1.54, 1.807) is 0 Å². The average Bonchev–Trinajstić information content (AvgIpc) is 2.44. The molecule has 0 saturated heterocycles. The van der Waals surface area contributed by atoms with Gasteiger partial charge in [-0.15, -0.1) is 23.2 Å². The van der Waals surface area contributed by atoms with Crippen LogP contribution in [0.5, 0.6) is 0 Å². The number of aryl methyl sites for hydroxylation is 1. The van der Waals surface area contributed by atoms with Crippen LogP contribution in [0.4, 0.5) is 0 Å². The predicted octanol–water partition coefficient (Wildman–Crippen LogP) is 2.77. The van der Waals surface area contributed by atoms with E-state index in [9.17, 15) is 8.42 Å². The predicted molar refractivity (Wildman–Crippen MR) is 81.5 cm³/mol. The van der Waals surface area contributed by atoms with Gasteiger partial charge in [-0.05, 0) is 18.4 Å². The standard InChI is InChI=1S/C13H19Cl2NO2S/c1-2-13(10-14,11-15)16-19(17,18)9-8-12-6-4-3-5-7-12/h3-7,16H,2,8-11H2,1H3. The number of nitrogens with one attached hydrogen (secondary N) is 1. The van der Waals surface area contributed by atoms with E-state index in [4.69, 9.17) is 23.2 Å². The molecule has 1 aromatic carbocycles. The highest BCUT2D eigenvalue weighted by molar-refractivity contribution is 7.89. The van der Waals surface area contributed by atoms with Gasteiger partial charge in [0, 0.05) is 11.8 Å². The van der Waals surface area contributed by atoms with Crippen molar-refractivity contribution >= 4 is 33.2 Å². The molecule has 6 heteroatoms. The van der Waals surface area contributed by atoms with Gasteiger partial charge in [-0.25, -0.2) is 13.1 Å². The van der Waals surface area contributed by atoms with Crippen LogP contribution in [0.3, 0.4) is 0 Å². The summed E-state index contributed by atoms with van der Waals surface area (Å²) in [5, 5.41) is 0. The fraction of sp³-hybridized carbons (Fsp3) is 0.538. The van der Waals surface area contributed by atoms with Crippen molar-refractivity contribution in [3.8, 4) is 0 Å². The summed E-state index contributed by atoms with van der Waals surface area (Å²) in [5.74, 6) is 0.363. The number of alkyl halides is 2. The summed E-state index contributed by atoms with van der Waals surface area (Å²) >= 11 is 11.7. The van der Waals surface area contributed by atoms with Gasteiger partial charge in [-0.3, -0.25) is 0 Å². The van der Waals surface area contributed by atoms with Crippen molar-refractivity contribution < 1.29 is 8.42 Å². The van der Waals surface area contributed by atoms with Gasteiger partial charge in [0.05, 0.1) is 11.3 Å². The van der Waals surface area contributed by atoms with Gasteiger partial charge in [-0.1, -0.05) is 37.3 Å². The molecule has 0 aliphatic carbocycles. The van der Waals surface area contributed by atoms with Crippen molar-refractivity contribution in [3.05, 3.63) is 35.9 Å². The van der Waals surface area contributed by atoms with E-state index in [-0.39, 0.29) is 17.5 Å². The number of hydrogen-bond acceptors (Lipinski definition) is 2. The van der Waals surface area contributed by atoms with E-state index >= 15 is 0 Å². The van der Waals surface area contributed by atoms with Crippen molar-refractivity contribution in [1.29, 1.82) is 0 Å². The molecule has 0 atom stereocenters. The molecule has 0 bridgehead atoms. The fourth-order valence-electron chi connectivity index (χ4n) is 1.63. The summed E-state index contributed by atoms with van der Waals surface area (Å²) in [6, 6.07) is 9.50. The molecule has 19 heavy (non-hydrogen) atoms. The fourth-order valence-corrected chi connectivity index (χ4v) is 4.14. The number of hydrogen-bond donors (Lipinski definition) is 1. The first-order chi connectivity index (χ1) is 8.97. The Hall–Kier alpha value is -0.290. The SMILES string of the molecule is CCC(CCl)(CCl)NS(=O)(=O)CCc1ccccc1. The highest BCUT2D eigenvalue weighted by Crippen LogP contribution is 2.16. The Balaban J connectivity index is 2.66. The van der Waals surface area contributed by atoms with E-state index in [0.29, 0.717) is 12.8 Å². The quantitative estimate of drug-likeness (QED) is 0.748. The Morgan fingerprint density at radius 2 is 1.74 bits per heavy atom. The molecule has 0 radical (unpaired) electrons. The topological polar surface area (TPSA) is 46.2 Å². The Labute approximate surface area is 125 Å². The highest BCUT2D eigenvalue weighted by atomic mass is 35.5. The zero-order chi connectivity index (χ0) is 14.4. The van der Waals surface area contributed by atoms with Crippen LogP contribution in [0.2, 0.25) is 0 Å². The molecular formula is C13H19Cl2NO2S. The molecule has 0 saturated carbocycles. The van der Waals surface area contributed by atoms with E-state index in [0.717, 1.165) is 5.56 Å². The molecule has 1 aromatic rings. The zero-order valence-corrected chi connectivity index (χ0v) is 13.2. The van der Waals surface area contributed by atoms with Crippen molar-refractivity contribution in [2.75, 3.05) is 17.5 Å². The van der Waals surface area contributed by atoms with Gasteiger partial charge in [-0.2, -0.15) is 0 Å². The first-order valence-corrected chi connectivity index (χ1v) is 8.86. The molecule has 1 rings (SSSR count). The molecular weight excluding hydrogens is 305 g/mol. The van der Waals surface area contributed by atoms with Crippen molar-refractivity contribution in [1.82, 2.24) is 4.72 Å². The molecule has 108 valence electrons. The van der Waals surface area contributed by atoms with Gasteiger partial charge in [0.1, 0.15) is 0 Å². The summed E-state index contributed by atoms with van der Waals surface area (Å²) in [6.07, 6.45) is 1.03. The van der Waals surface area contributed by atoms with Gasteiger partial charge in [0.2, 0.25) is 10.0 Å². The van der Waals surface area contributed by atoms with Crippen LogP contribution >= 0.6 is 23.2 Å². The summed E-state index contributed by atoms with van der Waals surface area (Å²) < 4.78 is 26.8. The Kier molecular flexibility index (Phi) is 6.60. The first-order valence-electron chi connectivity index (χ1n) is 6.14. The molecule has 0 aliphatic heterocycles. The van der Waals surface area contributed by atoms with Gasteiger partial charge in [0.25, 0.3) is 0 Å². The third kappa shape index (κ3) is 5.30. The van der Waals surface area contributed by atoms with Gasteiger partial charge in [0.15, 0.2) is 0 Å². The minimum absolute atomic E-state index is 0.0343. The van der Waals surface area contributed by atoms with Crippen LogP contribution < -0.4 is 4.72 Å². The lowest BCUT2D eigenvalue weighted by atomic mass is 10.0. The second-order valence-corrected chi connectivity index (χ2v) is 6.93. The van der Waals surface area contributed by atoms with Crippen LogP contribution in [0, 0.1) is 0 Å². The van der Waals surface area contributed by atoms with Crippen LogP contribution in [-0.2, 0) is 16.4 Å². The Bertz CT molecular complexity index is 464. The second kappa shape index (κ2) is 7.48. The third-order valence-corrected chi connectivity index (χ3v) is 5.57. The smallest absolute Gasteiger partial charge is 0.212 e. The maximum Gasteiger partial charge on any atom is 0.212 e. The summed E-state index contributed by atoms with van der Waals surface area (Å²) in [7, 11) is -3.39. The zero-order valence-electron chi connectivity index (χ0n) is 10.9. The van der Waals surface area contributed by atoms with E-state index < -0.39 is 15.6 Å². The molecule has 0 spiro atoms. The summed E-state index contributed by atoms with van der Waals surface area (Å²) in [4.78, 5) is 0. The molecule has 1 N–H and O–H groups in total. The van der Waals surface area contributed by atoms with E-state index in [1.807, 2.05) is 37.3 Å². The number of sulfonamides is 1. The largest absolute Gasteiger partial charge is 0.212 e. The first kappa shape index (κ1) is 16.8. The minimum atomic E-state index is -3.39. The number of rotatable bonds is 8. The Morgan fingerprint density at radius 1 is 1.16 bits per heavy atom. The van der Waals surface area contributed by atoms with Crippen LogP contribution in [0.25, 0.3) is 0 Å². The molecule has 0 heterocycles. The summed E-state index contributed by atoms with van der Waals surface area (Å²) in [6.45, 7) is 1.87. The lowest BCUT2D eigenvalue weighted by molar-refractivity contribution is 0.449. The van der Waals surface area contributed by atoms with Crippen molar-refractivity contribution in [3.63, 3.8) is 0 Å². The molecule has 0 unspecified atom stereocenters. The number of halogens is 2. The van der Waals surface area contributed by atoms with Crippen LogP contribution in [0.15, 0.2) is 30.3 Å². The number of benzene rings is 1. The minimum Gasteiger partial charge on any atom is -0.212 e. The van der Waals surface area contributed by atoms with Crippen LogP contribution in [0.1, 0.15) is 18.9 Å². The summed E-state index contributed by atoms with van der Waals surface area (Å²) in [5.41, 5.74) is 0.241. The monoisotopic (exact) mass is 323 g/mol. The van der Waals surface area contributed by atoms with Crippen molar-refractivity contribution in [2.45, 2.75) is 25.3 Å². The second-order valence-electron chi connectivity index (χ2n) is 4.56. The maximum atomic E-state index is 12.1. The molecule has 0 amide bonds. The molecule has 0 fully saturated rings. The van der Waals surface area contributed by atoms with E-state index in [2.05, 4.69) is 4.72 Å². The Morgan fingerprint density at radius 3 is 2.21 bits per heavy atom. The third-order valence-electron chi connectivity index (χ3n) is 3.06.